The maximum Gasteiger partial charge on any atom is 0.258 e. The van der Waals surface area contributed by atoms with Gasteiger partial charge in [0.1, 0.15) is 11.8 Å². The Labute approximate surface area is 150 Å². The van der Waals surface area contributed by atoms with Crippen molar-refractivity contribution in [1.82, 2.24) is 5.32 Å². The van der Waals surface area contributed by atoms with Crippen LogP contribution in [0.15, 0.2) is 48.5 Å². The Hall–Kier alpha value is -2.96. The summed E-state index contributed by atoms with van der Waals surface area (Å²) in [6.07, 6.45) is 0. The van der Waals surface area contributed by atoms with Crippen LogP contribution in [0.5, 0.6) is 5.75 Å². The fourth-order valence-corrected chi connectivity index (χ4v) is 2.21. The molecule has 2 aromatic rings. The lowest BCUT2D eigenvalue weighted by atomic mass is 10.0. The molecule has 0 aliphatic rings. The summed E-state index contributed by atoms with van der Waals surface area (Å²) in [5.41, 5.74) is 0.106. The smallest absolute Gasteiger partial charge is 0.258 e. The van der Waals surface area contributed by atoms with Gasteiger partial charge in [0.05, 0.1) is 0 Å². The van der Waals surface area contributed by atoms with Crippen LogP contribution in [0.3, 0.4) is 0 Å². The van der Waals surface area contributed by atoms with Crippen molar-refractivity contribution in [3.8, 4) is 5.75 Å². The third kappa shape index (κ3) is 5.54. The molecule has 0 saturated heterocycles. The van der Waals surface area contributed by atoms with Gasteiger partial charge in [-0.2, -0.15) is 0 Å². The number of nitrogens with one attached hydrogen (secondary N) is 2. The van der Waals surface area contributed by atoms with Crippen molar-refractivity contribution in [2.75, 3.05) is 11.9 Å². The molecule has 2 rings (SSSR count). The number of carbonyl (C=O) groups excluding carboxylic acids is 2. The van der Waals surface area contributed by atoms with E-state index in [4.69, 9.17) is 4.74 Å². The summed E-state index contributed by atoms with van der Waals surface area (Å²) in [7, 11) is 0. The minimum Gasteiger partial charge on any atom is -0.484 e. The van der Waals surface area contributed by atoms with Crippen molar-refractivity contribution in [3.05, 3.63) is 60.2 Å². The molecule has 0 radical (unpaired) electrons. The zero-order valence-corrected chi connectivity index (χ0v) is 14.5. The number of benzene rings is 2. The number of anilines is 1. The second-order valence-corrected chi connectivity index (χ2v) is 6.01. The number of hydrogen-bond acceptors (Lipinski definition) is 3. The monoisotopic (exact) mass is 362 g/mol. The topological polar surface area (TPSA) is 67.4 Å². The van der Waals surface area contributed by atoms with Crippen molar-refractivity contribution in [2.45, 2.75) is 19.9 Å². The van der Waals surface area contributed by atoms with Gasteiger partial charge in [0.15, 0.2) is 18.2 Å². The van der Waals surface area contributed by atoms with E-state index in [2.05, 4.69) is 10.6 Å². The highest BCUT2D eigenvalue weighted by molar-refractivity contribution is 5.97. The van der Waals surface area contributed by atoms with Crippen molar-refractivity contribution in [1.29, 1.82) is 0 Å². The Balaban J connectivity index is 1.95. The molecular weight excluding hydrogens is 342 g/mol. The number of carbonyl (C=O) groups is 2. The molecule has 26 heavy (non-hydrogen) atoms. The van der Waals surface area contributed by atoms with Crippen molar-refractivity contribution in [3.63, 3.8) is 0 Å². The van der Waals surface area contributed by atoms with Gasteiger partial charge in [-0.25, -0.2) is 8.78 Å². The van der Waals surface area contributed by atoms with Crippen LogP contribution in [0.2, 0.25) is 0 Å². The molecule has 0 aromatic heterocycles. The Morgan fingerprint density at radius 3 is 2.35 bits per heavy atom. The molecule has 0 spiro atoms. The van der Waals surface area contributed by atoms with Gasteiger partial charge in [0, 0.05) is 11.8 Å². The van der Waals surface area contributed by atoms with Crippen LogP contribution in [-0.2, 0) is 9.59 Å². The van der Waals surface area contributed by atoms with E-state index in [-0.39, 0.29) is 18.2 Å². The Morgan fingerprint density at radius 2 is 1.73 bits per heavy atom. The molecule has 7 heteroatoms. The Kier molecular flexibility index (Phi) is 6.66. The first-order chi connectivity index (χ1) is 12.4. The summed E-state index contributed by atoms with van der Waals surface area (Å²) >= 11 is 0. The van der Waals surface area contributed by atoms with Crippen LogP contribution >= 0.6 is 0 Å². The summed E-state index contributed by atoms with van der Waals surface area (Å²) in [6.45, 7) is 3.27. The fourth-order valence-electron chi connectivity index (χ4n) is 2.21. The van der Waals surface area contributed by atoms with Crippen LogP contribution in [-0.4, -0.2) is 24.5 Å². The highest BCUT2D eigenvalue weighted by atomic mass is 19.2. The molecule has 0 unspecified atom stereocenters. The second-order valence-electron chi connectivity index (χ2n) is 6.01. The van der Waals surface area contributed by atoms with Gasteiger partial charge < -0.3 is 15.4 Å². The molecule has 2 N–H and O–H groups in total. The molecule has 0 aliphatic heterocycles. The number of halogens is 2. The molecule has 0 saturated carbocycles. The van der Waals surface area contributed by atoms with Crippen molar-refractivity contribution < 1.29 is 23.1 Å². The lowest BCUT2D eigenvalue weighted by molar-refractivity contribution is -0.128. The maximum atomic E-state index is 13.2. The fraction of sp³-hybridized carbons (Fsp3) is 0.263. The predicted octanol–water partition coefficient (Wildman–Crippen LogP) is 3.12. The van der Waals surface area contributed by atoms with E-state index in [1.54, 1.807) is 38.1 Å². The average molecular weight is 362 g/mol. The number of ether oxygens (including phenoxy) is 1. The molecule has 2 aromatic carbocycles. The summed E-state index contributed by atoms with van der Waals surface area (Å²) < 4.78 is 31.5. The highest BCUT2D eigenvalue weighted by Crippen LogP contribution is 2.14. The molecule has 138 valence electrons. The third-order valence-corrected chi connectivity index (χ3v) is 3.57. The van der Waals surface area contributed by atoms with Gasteiger partial charge in [0.25, 0.3) is 5.91 Å². The van der Waals surface area contributed by atoms with Crippen molar-refractivity contribution >= 4 is 17.5 Å². The molecule has 0 bridgehead atoms. The van der Waals surface area contributed by atoms with E-state index in [0.29, 0.717) is 5.75 Å². The SMILES string of the molecule is CC(C)[C@H](NC(=O)COc1ccccc1)C(=O)Nc1ccc(F)c(F)c1. The van der Waals surface area contributed by atoms with Crippen LogP contribution < -0.4 is 15.4 Å². The van der Waals surface area contributed by atoms with E-state index in [0.717, 1.165) is 12.1 Å². The first-order valence-electron chi connectivity index (χ1n) is 8.10. The predicted molar refractivity (Wildman–Crippen MR) is 93.7 cm³/mol. The lowest BCUT2D eigenvalue weighted by Crippen LogP contribution is -2.48. The second kappa shape index (κ2) is 8.94. The van der Waals surface area contributed by atoms with E-state index < -0.39 is 29.5 Å². The van der Waals surface area contributed by atoms with E-state index >= 15 is 0 Å². The molecule has 2 amide bonds. The van der Waals surface area contributed by atoms with Gasteiger partial charge in [-0.3, -0.25) is 9.59 Å². The van der Waals surface area contributed by atoms with Crippen molar-refractivity contribution in [2.24, 2.45) is 5.92 Å². The van der Waals surface area contributed by atoms with Crippen LogP contribution in [0.4, 0.5) is 14.5 Å². The highest BCUT2D eigenvalue weighted by Gasteiger charge is 2.24. The number of amides is 2. The van der Waals surface area contributed by atoms with E-state index in [1.807, 2.05) is 6.07 Å². The summed E-state index contributed by atoms with van der Waals surface area (Å²) in [4.78, 5) is 24.4. The van der Waals surface area contributed by atoms with E-state index in [9.17, 15) is 18.4 Å². The largest absolute Gasteiger partial charge is 0.484 e. The summed E-state index contributed by atoms with van der Waals surface area (Å²) in [5, 5.41) is 5.06. The van der Waals surface area contributed by atoms with Gasteiger partial charge in [-0.05, 0) is 30.2 Å². The van der Waals surface area contributed by atoms with Gasteiger partial charge >= 0.3 is 0 Å². The van der Waals surface area contributed by atoms with Gasteiger partial charge in [-0.15, -0.1) is 0 Å². The molecule has 5 nitrogen and oxygen atoms in total. The van der Waals surface area contributed by atoms with Crippen LogP contribution in [0.1, 0.15) is 13.8 Å². The summed E-state index contributed by atoms with van der Waals surface area (Å²) in [6, 6.07) is 11.0. The zero-order chi connectivity index (χ0) is 19.1. The number of rotatable bonds is 7. The Bertz CT molecular complexity index is 767. The maximum absolute atomic E-state index is 13.2. The molecule has 0 aliphatic carbocycles. The minimum atomic E-state index is -1.07. The normalized spacial score (nSPS) is 11.7. The first kappa shape index (κ1) is 19.4. The molecule has 0 fully saturated rings. The number of hydrogen-bond donors (Lipinski definition) is 2. The van der Waals surface area contributed by atoms with E-state index in [1.165, 1.54) is 6.07 Å². The molecular formula is C19H20F2N2O3. The average Bonchev–Trinajstić information content (AvgIpc) is 2.61. The third-order valence-electron chi connectivity index (χ3n) is 3.57. The van der Waals surface area contributed by atoms with Gasteiger partial charge in [-0.1, -0.05) is 32.0 Å². The zero-order valence-electron chi connectivity index (χ0n) is 14.5. The van der Waals surface area contributed by atoms with Crippen LogP contribution in [0, 0.1) is 17.6 Å². The Morgan fingerprint density at radius 1 is 1.04 bits per heavy atom. The quantitative estimate of drug-likeness (QED) is 0.795. The van der Waals surface area contributed by atoms with Crippen LogP contribution in [0.25, 0.3) is 0 Å². The summed E-state index contributed by atoms with van der Waals surface area (Å²) in [5.74, 6) is -2.75. The standard InChI is InChI=1S/C19H20F2N2O3/c1-12(2)18(19(25)22-13-8-9-15(20)16(21)10-13)23-17(24)11-26-14-6-4-3-5-7-14/h3-10,12,18H,11H2,1-2H3,(H,22,25)(H,23,24)/t18-/m0/s1. The minimum absolute atomic E-state index is 0.106. The first-order valence-corrected chi connectivity index (χ1v) is 8.10. The molecule has 0 heterocycles. The lowest BCUT2D eigenvalue weighted by Gasteiger charge is -2.22. The number of para-hydroxylation sites is 1. The van der Waals surface area contributed by atoms with Gasteiger partial charge in [0.2, 0.25) is 5.91 Å². The molecule has 1 atom stereocenters.